The van der Waals surface area contributed by atoms with Gasteiger partial charge in [0, 0.05) is 13.1 Å². The lowest BCUT2D eigenvalue weighted by Gasteiger charge is -2.30. The van der Waals surface area contributed by atoms with Crippen molar-refractivity contribution in [1.29, 1.82) is 0 Å². The number of amides is 1. The summed E-state index contributed by atoms with van der Waals surface area (Å²) in [4.78, 5) is 13.8. The van der Waals surface area contributed by atoms with Crippen molar-refractivity contribution >= 4 is 5.91 Å². The summed E-state index contributed by atoms with van der Waals surface area (Å²) in [6, 6.07) is -0.0148. The van der Waals surface area contributed by atoms with E-state index in [1.165, 1.54) is 0 Å². The van der Waals surface area contributed by atoms with Crippen molar-refractivity contribution in [3.8, 4) is 0 Å². The smallest absolute Gasteiger partial charge is 0.239 e. The minimum atomic E-state index is -0.310. The number of rotatable bonds is 1. The summed E-state index contributed by atoms with van der Waals surface area (Å²) in [5.41, 5.74) is 0. The fraction of sp³-hybridized carbons (Fsp3) is 0.909. The number of hydrogen-bond acceptors (Lipinski definition) is 3. The molecule has 2 unspecified atom stereocenters. The van der Waals surface area contributed by atoms with Crippen LogP contribution in [0.5, 0.6) is 0 Å². The third kappa shape index (κ3) is 2.49. The zero-order chi connectivity index (χ0) is 10.8. The molecule has 3 atom stereocenters. The fourth-order valence-electron chi connectivity index (χ4n) is 2.46. The molecular formula is C11H20N2O2. The Bertz CT molecular complexity index is 245. The summed E-state index contributed by atoms with van der Waals surface area (Å²) in [5, 5.41) is 12.7. The van der Waals surface area contributed by atoms with E-state index in [1.54, 1.807) is 4.90 Å². The lowest BCUT2D eigenvalue weighted by atomic mass is 9.93. The number of carbonyl (C=O) groups excluding carboxylic acids is 1. The number of aliphatic hydroxyl groups excluding tert-OH is 1. The maximum absolute atomic E-state index is 12.0. The molecule has 2 aliphatic rings. The van der Waals surface area contributed by atoms with Gasteiger partial charge < -0.3 is 15.3 Å². The van der Waals surface area contributed by atoms with Gasteiger partial charge in [-0.3, -0.25) is 4.79 Å². The van der Waals surface area contributed by atoms with Gasteiger partial charge in [-0.1, -0.05) is 6.92 Å². The van der Waals surface area contributed by atoms with Crippen LogP contribution in [0.15, 0.2) is 0 Å². The van der Waals surface area contributed by atoms with Crippen LogP contribution >= 0.6 is 0 Å². The molecule has 2 aliphatic heterocycles. The van der Waals surface area contributed by atoms with E-state index in [2.05, 4.69) is 12.2 Å². The molecule has 0 bridgehead atoms. The van der Waals surface area contributed by atoms with Crippen molar-refractivity contribution in [2.75, 3.05) is 19.6 Å². The zero-order valence-electron chi connectivity index (χ0n) is 9.28. The summed E-state index contributed by atoms with van der Waals surface area (Å²) in [5.74, 6) is 0.811. The van der Waals surface area contributed by atoms with Gasteiger partial charge in [0.05, 0.1) is 12.1 Å². The summed E-state index contributed by atoms with van der Waals surface area (Å²) in [6.07, 6.45) is 2.52. The second kappa shape index (κ2) is 4.49. The Balaban J connectivity index is 1.89. The summed E-state index contributed by atoms with van der Waals surface area (Å²) in [7, 11) is 0. The van der Waals surface area contributed by atoms with Crippen molar-refractivity contribution in [3.05, 3.63) is 0 Å². The van der Waals surface area contributed by atoms with E-state index in [9.17, 15) is 9.90 Å². The van der Waals surface area contributed by atoms with Gasteiger partial charge in [-0.15, -0.1) is 0 Å². The van der Waals surface area contributed by atoms with Gasteiger partial charge in [-0.25, -0.2) is 0 Å². The topological polar surface area (TPSA) is 52.6 Å². The van der Waals surface area contributed by atoms with Gasteiger partial charge in [-0.2, -0.15) is 0 Å². The third-order valence-electron chi connectivity index (χ3n) is 3.44. The first-order valence-corrected chi connectivity index (χ1v) is 5.87. The molecule has 0 aromatic rings. The van der Waals surface area contributed by atoms with Crippen LogP contribution in [0.2, 0.25) is 0 Å². The van der Waals surface area contributed by atoms with E-state index in [0.717, 1.165) is 25.8 Å². The molecule has 2 heterocycles. The molecule has 2 N–H and O–H groups in total. The monoisotopic (exact) mass is 212 g/mol. The highest BCUT2D eigenvalue weighted by Gasteiger charge is 2.31. The van der Waals surface area contributed by atoms with Crippen molar-refractivity contribution < 1.29 is 9.90 Å². The standard InChI is InChI=1S/C11H20N2O2/c1-8-2-4-12-10(6-8)11(15)13-5-3-9(14)7-13/h8-10,12,14H,2-7H2,1H3/t8?,9-,10?/m1/s1. The van der Waals surface area contributed by atoms with Crippen molar-refractivity contribution in [3.63, 3.8) is 0 Å². The molecule has 0 saturated carbocycles. The third-order valence-corrected chi connectivity index (χ3v) is 3.44. The number of nitrogens with one attached hydrogen (secondary N) is 1. The molecule has 0 aromatic carbocycles. The molecular weight excluding hydrogens is 192 g/mol. The van der Waals surface area contributed by atoms with E-state index in [0.29, 0.717) is 19.0 Å². The van der Waals surface area contributed by atoms with Crippen LogP contribution in [-0.4, -0.2) is 47.7 Å². The summed E-state index contributed by atoms with van der Waals surface area (Å²) in [6.45, 7) is 4.37. The fourth-order valence-corrected chi connectivity index (χ4v) is 2.46. The van der Waals surface area contributed by atoms with E-state index >= 15 is 0 Å². The van der Waals surface area contributed by atoms with Crippen LogP contribution in [0, 0.1) is 5.92 Å². The minimum absolute atomic E-state index is 0.0148. The Kier molecular flexibility index (Phi) is 3.26. The Morgan fingerprint density at radius 2 is 2.27 bits per heavy atom. The molecule has 2 rings (SSSR count). The normalized spacial score (nSPS) is 36.9. The molecule has 0 spiro atoms. The first-order chi connectivity index (χ1) is 7.16. The Morgan fingerprint density at radius 1 is 1.47 bits per heavy atom. The molecule has 2 fully saturated rings. The van der Waals surface area contributed by atoms with E-state index < -0.39 is 0 Å². The number of likely N-dealkylation sites (tertiary alicyclic amines) is 1. The highest BCUT2D eigenvalue weighted by molar-refractivity contribution is 5.82. The molecule has 15 heavy (non-hydrogen) atoms. The predicted molar refractivity (Wildman–Crippen MR) is 57.4 cm³/mol. The van der Waals surface area contributed by atoms with Crippen LogP contribution in [0.1, 0.15) is 26.2 Å². The predicted octanol–water partition coefficient (Wildman–Crippen LogP) is -0.0323. The second-order valence-corrected chi connectivity index (χ2v) is 4.86. The number of β-amino-alcohol motifs (C(OH)–C–C–N with tert-alkyl or cyclic N) is 1. The van der Waals surface area contributed by atoms with Crippen LogP contribution < -0.4 is 5.32 Å². The first kappa shape index (κ1) is 10.9. The van der Waals surface area contributed by atoms with Gasteiger partial charge in [-0.05, 0) is 31.7 Å². The molecule has 0 radical (unpaired) electrons. The average molecular weight is 212 g/mol. The van der Waals surface area contributed by atoms with Crippen LogP contribution in [0.4, 0.5) is 0 Å². The molecule has 1 amide bonds. The zero-order valence-corrected chi connectivity index (χ0v) is 9.28. The lowest BCUT2D eigenvalue weighted by Crippen LogP contribution is -2.49. The number of piperidine rings is 1. The number of hydrogen-bond donors (Lipinski definition) is 2. The Hall–Kier alpha value is -0.610. The van der Waals surface area contributed by atoms with E-state index in [4.69, 9.17) is 0 Å². The van der Waals surface area contributed by atoms with Gasteiger partial charge >= 0.3 is 0 Å². The molecule has 2 saturated heterocycles. The quantitative estimate of drug-likeness (QED) is 0.641. The second-order valence-electron chi connectivity index (χ2n) is 4.86. The molecule has 4 nitrogen and oxygen atoms in total. The van der Waals surface area contributed by atoms with E-state index in [-0.39, 0.29) is 18.1 Å². The summed E-state index contributed by atoms with van der Waals surface area (Å²) < 4.78 is 0. The van der Waals surface area contributed by atoms with E-state index in [1.807, 2.05) is 0 Å². The van der Waals surface area contributed by atoms with Crippen molar-refractivity contribution in [1.82, 2.24) is 10.2 Å². The maximum atomic E-state index is 12.0. The van der Waals surface area contributed by atoms with Crippen LogP contribution in [0.25, 0.3) is 0 Å². The highest BCUT2D eigenvalue weighted by Crippen LogP contribution is 2.18. The van der Waals surface area contributed by atoms with Crippen LogP contribution in [0.3, 0.4) is 0 Å². The number of aliphatic hydroxyl groups is 1. The van der Waals surface area contributed by atoms with Crippen LogP contribution in [-0.2, 0) is 4.79 Å². The van der Waals surface area contributed by atoms with Gasteiger partial charge in [0.1, 0.15) is 0 Å². The maximum Gasteiger partial charge on any atom is 0.239 e. The number of carbonyl (C=O) groups is 1. The van der Waals surface area contributed by atoms with Gasteiger partial charge in [0.2, 0.25) is 5.91 Å². The number of nitrogens with zero attached hydrogens (tertiary/aromatic N) is 1. The van der Waals surface area contributed by atoms with Crippen molar-refractivity contribution in [2.24, 2.45) is 5.92 Å². The Labute approximate surface area is 90.6 Å². The molecule has 0 aromatic heterocycles. The molecule has 0 aliphatic carbocycles. The first-order valence-electron chi connectivity index (χ1n) is 5.87. The van der Waals surface area contributed by atoms with Gasteiger partial charge in [0.25, 0.3) is 0 Å². The Morgan fingerprint density at radius 3 is 2.87 bits per heavy atom. The lowest BCUT2D eigenvalue weighted by molar-refractivity contribution is -0.133. The molecule has 4 heteroatoms. The largest absolute Gasteiger partial charge is 0.391 e. The van der Waals surface area contributed by atoms with Gasteiger partial charge in [0.15, 0.2) is 0 Å². The average Bonchev–Trinajstić information content (AvgIpc) is 2.64. The summed E-state index contributed by atoms with van der Waals surface area (Å²) >= 11 is 0. The molecule has 86 valence electrons. The van der Waals surface area contributed by atoms with Crippen molar-refractivity contribution in [2.45, 2.75) is 38.3 Å². The SMILES string of the molecule is CC1CCNC(C(=O)N2CC[C@@H](O)C2)C1. The highest BCUT2D eigenvalue weighted by atomic mass is 16.3. The minimum Gasteiger partial charge on any atom is -0.391 e.